The molecule has 6 nitrogen and oxygen atoms in total. The summed E-state index contributed by atoms with van der Waals surface area (Å²) in [6.45, 7) is 6.73. The highest BCUT2D eigenvalue weighted by molar-refractivity contribution is 5.85. The lowest BCUT2D eigenvalue weighted by atomic mass is 10.1. The van der Waals surface area contributed by atoms with Crippen LogP contribution in [-0.4, -0.2) is 44.2 Å². The van der Waals surface area contributed by atoms with Crippen LogP contribution in [-0.2, 0) is 6.42 Å². The molecule has 3 rings (SSSR count). The molecule has 0 saturated carbocycles. The smallest absolute Gasteiger partial charge is 0.241 e. The van der Waals surface area contributed by atoms with Crippen LogP contribution in [0, 0.1) is 0 Å². The average molecular weight is 417 g/mol. The molecule has 0 fully saturated rings. The molecule has 1 N–H and O–H groups in total. The van der Waals surface area contributed by atoms with Crippen LogP contribution in [0.5, 0.6) is 0 Å². The van der Waals surface area contributed by atoms with Crippen molar-refractivity contribution in [3.63, 3.8) is 0 Å². The standard InChI is InChI=1S/C22H28F2N6.H2/c1-5-15(2)27-19-9-8-17(28-18(19)7-6-11-23)16-10-12-30-20(16)13-25-21(29-30)26-14-22(3,4)24;/h8-10,12-13H,5-7,11,14H2,1-4H3,(H,26,29);1H. The van der Waals surface area contributed by atoms with Crippen molar-refractivity contribution in [1.29, 1.82) is 0 Å². The number of nitrogens with one attached hydrogen (secondary N) is 1. The van der Waals surface area contributed by atoms with Crippen LogP contribution in [0.25, 0.3) is 16.8 Å². The Morgan fingerprint density at radius 3 is 2.80 bits per heavy atom. The molecule has 0 aliphatic heterocycles. The molecule has 0 atom stereocenters. The van der Waals surface area contributed by atoms with E-state index in [-0.39, 0.29) is 7.97 Å². The molecule has 0 amide bonds. The number of aromatic nitrogens is 4. The molecule has 8 heteroatoms. The van der Waals surface area contributed by atoms with Crippen LogP contribution in [0.3, 0.4) is 0 Å². The zero-order valence-electron chi connectivity index (χ0n) is 17.9. The van der Waals surface area contributed by atoms with Crippen LogP contribution in [0.1, 0.15) is 47.7 Å². The minimum Gasteiger partial charge on any atom is -0.350 e. The average Bonchev–Trinajstić information content (AvgIpc) is 3.14. The first kappa shape index (κ1) is 21.8. The number of alkyl halides is 2. The number of nitrogens with zero attached hydrogens (tertiary/aromatic N) is 5. The van der Waals surface area contributed by atoms with Crippen molar-refractivity contribution in [3.8, 4) is 11.3 Å². The molecule has 0 aromatic carbocycles. The van der Waals surface area contributed by atoms with Gasteiger partial charge in [-0.2, -0.15) is 0 Å². The second-order valence-corrected chi connectivity index (χ2v) is 7.87. The molecule has 0 saturated heterocycles. The Balaban J connectivity index is 0.00000341. The van der Waals surface area contributed by atoms with Crippen molar-refractivity contribution in [2.75, 3.05) is 18.5 Å². The topological polar surface area (TPSA) is 67.5 Å². The largest absolute Gasteiger partial charge is 0.350 e. The van der Waals surface area contributed by atoms with E-state index in [2.05, 4.69) is 20.4 Å². The highest BCUT2D eigenvalue weighted by Gasteiger charge is 2.16. The van der Waals surface area contributed by atoms with Crippen molar-refractivity contribution >= 4 is 22.9 Å². The Hall–Kier alpha value is -2.90. The summed E-state index contributed by atoms with van der Waals surface area (Å²) in [7, 11) is 0. The Morgan fingerprint density at radius 1 is 1.30 bits per heavy atom. The molecular formula is C22H30F2N6. The van der Waals surface area contributed by atoms with Gasteiger partial charge in [0.2, 0.25) is 5.95 Å². The molecule has 3 heterocycles. The van der Waals surface area contributed by atoms with Crippen LogP contribution >= 0.6 is 0 Å². The van der Waals surface area contributed by atoms with Crippen LogP contribution in [0.4, 0.5) is 20.4 Å². The number of hydrogen-bond acceptors (Lipinski definition) is 5. The van der Waals surface area contributed by atoms with E-state index in [0.717, 1.165) is 40.3 Å². The van der Waals surface area contributed by atoms with Gasteiger partial charge in [-0.3, -0.25) is 14.4 Å². The molecule has 30 heavy (non-hydrogen) atoms. The fourth-order valence-corrected chi connectivity index (χ4v) is 2.94. The minimum atomic E-state index is -1.36. The zero-order valence-corrected chi connectivity index (χ0v) is 17.9. The summed E-state index contributed by atoms with van der Waals surface area (Å²) in [6.07, 6.45) is 5.28. The third-order valence-corrected chi connectivity index (χ3v) is 4.68. The molecule has 3 aromatic rings. The van der Waals surface area contributed by atoms with Crippen molar-refractivity contribution < 1.29 is 10.2 Å². The van der Waals surface area contributed by atoms with E-state index < -0.39 is 12.3 Å². The van der Waals surface area contributed by atoms with E-state index in [4.69, 9.17) is 4.98 Å². The van der Waals surface area contributed by atoms with E-state index in [9.17, 15) is 8.78 Å². The maximum absolute atomic E-state index is 13.7. The van der Waals surface area contributed by atoms with Gasteiger partial charge in [-0.25, -0.2) is 13.9 Å². The summed E-state index contributed by atoms with van der Waals surface area (Å²) >= 11 is 0. The van der Waals surface area contributed by atoms with Crippen LogP contribution < -0.4 is 5.32 Å². The maximum atomic E-state index is 13.7. The van der Waals surface area contributed by atoms with Crippen molar-refractivity contribution in [2.24, 2.45) is 4.99 Å². The second kappa shape index (κ2) is 9.28. The summed E-state index contributed by atoms with van der Waals surface area (Å²) < 4.78 is 28.2. The van der Waals surface area contributed by atoms with E-state index in [1.165, 1.54) is 13.8 Å². The van der Waals surface area contributed by atoms with Gasteiger partial charge in [-0.1, -0.05) is 6.92 Å². The Morgan fingerprint density at radius 2 is 2.10 bits per heavy atom. The van der Waals surface area contributed by atoms with Gasteiger partial charge in [0.05, 0.1) is 42.0 Å². The highest BCUT2D eigenvalue weighted by atomic mass is 19.1. The summed E-state index contributed by atoms with van der Waals surface area (Å²) in [4.78, 5) is 13.7. The zero-order chi connectivity index (χ0) is 21.7. The number of fused-ring (bicyclic) bond motifs is 1. The van der Waals surface area contributed by atoms with Gasteiger partial charge in [0.15, 0.2) is 0 Å². The number of aryl methyl sites for hydroxylation is 1. The number of hydrogen-bond donors (Lipinski definition) is 1. The first-order chi connectivity index (χ1) is 14.3. The van der Waals surface area contributed by atoms with Gasteiger partial charge < -0.3 is 5.32 Å². The number of halogens is 2. The maximum Gasteiger partial charge on any atom is 0.241 e. The molecule has 0 spiro atoms. The third-order valence-electron chi connectivity index (χ3n) is 4.68. The van der Waals surface area contributed by atoms with Gasteiger partial charge >= 0.3 is 0 Å². The fraction of sp³-hybridized carbons (Fsp3) is 0.455. The molecule has 3 aromatic heterocycles. The van der Waals surface area contributed by atoms with Crippen molar-refractivity contribution in [3.05, 3.63) is 36.3 Å². The van der Waals surface area contributed by atoms with E-state index >= 15 is 0 Å². The van der Waals surface area contributed by atoms with Crippen LogP contribution in [0.2, 0.25) is 0 Å². The van der Waals surface area contributed by atoms with Gasteiger partial charge in [0.1, 0.15) is 5.67 Å². The number of rotatable bonds is 9. The van der Waals surface area contributed by atoms with Gasteiger partial charge in [0.25, 0.3) is 0 Å². The Kier molecular flexibility index (Phi) is 6.74. The SMILES string of the molecule is CCC(C)=Nc1ccc(-c2ccn3nc(NCC(C)(C)F)ncc23)nc1CCCF.[HH]. The number of aliphatic imine (C=N–C) groups is 1. The number of anilines is 1. The van der Waals surface area contributed by atoms with Gasteiger partial charge in [0, 0.05) is 18.9 Å². The molecule has 0 unspecified atom stereocenters. The van der Waals surface area contributed by atoms with E-state index in [1.807, 2.05) is 38.2 Å². The van der Waals surface area contributed by atoms with Crippen molar-refractivity contribution in [2.45, 2.75) is 52.6 Å². The first-order valence-corrected chi connectivity index (χ1v) is 10.2. The van der Waals surface area contributed by atoms with Crippen molar-refractivity contribution in [1.82, 2.24) is 19.6 Å². The van der Waals surface area contributed by atoms with Gasteiger partial charge in [-0.05, 0) is 58.2 Å². The summed E-state index contributed by atoms with van der Waals surface area (Å²) in [5.74, 6) is 0.353. The molecule has 162 valence electrons. The lowest BCUT2D eigenvalue weighted by Gasteiger charge is -2.14. The van der Waals surface area contributed by atoms with E-state index in [1.54, 1.807) is 10.7 Å². The minimum absolute atomic E-state index is 0. The normalized spacial score (nSPS) is 12.5. The molecule has 0 aliphatic carbocycles. The monoisotopic (exact) mass is 416 g/mol. The molecule has 0 aliphatic rings. The molecular weight excluding hydrogens is 386 g/mol. The first-order valence-electron chi connectivity index (χ1n) is 10.2. The predicted molar refractivity (Wildman–Crippen MR) is 119 cm³/mol. The fourth-order valence-electron chi connectivity index (χ4n) is 2.94. The quantitative estimate of drug-likeness (QED) is 0.461. The van der Waals surface area contributed by atoms with Crippen LogP contribution in [0.15, 0.2) is 35.6 Å². The Bertz CT molecular complexity index is 1040. The highest BCUT2D eigenvalue weighted by Crippen LogP contribution is 2.28. The summed E-state index contributed by atoms with van der Waals surface area (Å²) in [6, 6.07) is 5.75. The van der Waals surface area contributed by atoms with Gasteiger partial charge in [-0.15, -0.1) is 5.10 Å². The molecule has 0 radical (unpaired) electrons. The predicted octanol–water partition coefficient (Wildman–Crippen LogP) is 5.60. The number of pyridine rings is 1. The Labute approximate surface area is 177 Å². The summed E-state index contributed by atoms with van der Waals surface area (Å²) in [5, 5.41) is 7.30. The lowest BCUT2D eigenvalue weighted by molar-refractivity contribution is 0.234. The molecule has 0 bridgehead atoms. The summed E-state index contributed by atoms with van der Waals surface area (Å²) in [5.41, 5.74) is 3.62. The second-order valence-electron chi connectivity index (χ2n) is 7.87. The van der Waals surface area contributed by atoms with E-state index in [0.29, 0.717) is 18.8 Å². The third kappa shape index (κ3) is 5.37. The lowest BCUT2D eigenvalue weighted by Crippen LogP contribution is -2.25.